The van der Waals surface area contributed by atoms with Gasteiger partial charge in [0.05, 0.1) is 15.7 Å². The van der Waals surface area contributed by atoms with Crippen LogP contribution in [0, 0.1) is 0 Å². The molecule has 2 aliphatic carbocycles. The van der Waals surface area contributed by atoms with Gasteiger partial charge in [-0.2, -0.15) is 0 Å². The molecule has 1 unspecified atom stereocenters. The van der Waals surface area contributed by atoms with E-state index in [-0.39, 0.29) is 18.7 Å². The van der Waals surface area contributed by atoms with Gasteiger partial charge in [0, 0.05) is 6.04 Å². The zero-order chi connectivity index (χ0) is 20.1. The van der Waals surface area contributed by atoms with Crippen LogP contribution < -0.4 is 10.0 Å². The van der Waals surface area contributed by atoms with E-state index in [1.165, 1.54) is 69.8 Å². The van der Waals surface area contributed by atoms with Gasteiger partial charge in [-0.05, 0) is 75.6 Å². The predicted molar refractivity (Wildman–Crippen MR) is 126 cm³/mol. The lowest BCUT2D eigenvalue weighted by Gasteiger charge is -2.40. The van der Waals surface area contributed by atoms with Crippen LogP contribution in [0.25, 0.3) is 0 Å². The van der Waals surface area contributed by atoms with Crippen molar-refractivity contribution in [3.63, 3.8) is 0 Å². The van der Waals surface area contributed by atoms with E-state index in [9.17, 15) is 4.21 Å². The molecule has 0 heterocycles. The van der Waals surface area contributed by atoms with Gasteiger partial charge in [0.2, 0.25) is 0 Å². The monoisotopic (exact) mass is 421 g/mol. The molecule has 158 valence electrons. The van der Waals surface area contributed by atoms with Gasteiger partial charge in [-0.25, -0.2) is 8.93 Å². The molecule has 0 saturated heterocycles. The Kier molecular flexibility index (Phi) is 8.16. The van der Waals surface area contributed by atoms with E-state index in [2.05, 4.69) is 35.9 Å². The van der Waals surface area contributed by atoms with Crippen molar-refractivity contribution in [3.8, 4) is 0 Å². The Morgan fingerprint density at radius 2 is 1.43 bits per heavy atom. The van der Waals surface area contributed by atoms with E-state index >= 15 is 0 Å². The molecule has 0 spiro atoms. The molecule has 0 radical (unpaired) electrons. The van der Waals surface area contributed by atoms with Crippen LogP contribution in [-0.4, -0.2) is 20.3 Å². The summed E-state index contributed by atoms with van der Waals surface area (Å²) in [5.41, 5.74) is 3.20. The summed E-state index contributed by atoms with van der Waals surface area (Å²) >= 11 is 0. The lowest BCUT2D eigenvalue weighted by molar-refractivity contribution is 0.487. The van der Waals surface area contributed by atoms with Crippen LogP contribution in [0.3, 0.4) is 0 Å². The van der Waals surface area contributed by atoms with E-state index < -0.39 is 11.0 Å². The largest absolute Gasteiger partial charge is 0.242 e. The maximum atomic E-state index is 12.7. The van der Waals surface area contributed by atoms with Gasteiger partial charge in [0.1, 0.15) is 0 Å². The predicted octanol–water partition coefficient (Wildman–Crippen LogP) is 6.57. The third-order valence-corrected chi connectivity index (χ3v) is 11.7. The van der Waals surface area contributed by atoms with Crippen molar-refractivity contribution in [2.24, 2.45) is 0 Å². The van der Waals surface area contributed by atoms with Crippen LogP contribution in [0.4, 0.5) is 0 Å². The molecule has 2 aliphatic rings. The van der Waals surface area contributed by atoms with E-state index in [0.29, 0.717) is 0 Å². The van der Waals surface area contributed by atoms with E-state index in [0.717, 1.165) is 11.3 Å². The highest BCUT2D eigenvalue weighted by Crippen LogP contribution is 2.55. The second kappa shape index (κ2) is 10.2. The third-order valence-electron chi connectivity index (χ3n) is 6.46. The third kappa shape index (κ3) is 5.67. The van der Waals surface area contributed by atoms with Gasteiger partial charge in [-0.3, -0.25) is 0 Å². The van der Waals surface area contributed by atoms with Crippen molar-refractivity contribution < 1.29 is 4.21 Å². The van der Waals surface area contributed by atoms with Gasteiger partial charge >= 0.3 is 0 Å². The molecule has 2 saturated carbocycles. The Morgan fingerprint density at radius 3 is 1.93 bits per heavy atom. The van der Waals surface area contributed by atoms with Gasteiger partial charge < -0.3 is 0 Å². The Bertz CT molecular complexity index is 626. The lowest BCUT2D eigenvalue weighted by Crippen LogP contribution is -2.37. The summed E-state index contributed by atoms with van der Waals surface area (Å²) in [4.78, 5) is 0. The highest BCUT2D eigenvalue weighted by molar-refractivity contribution is 7.84. The first kappa shape index (κ1) is 22.4. The average molecular weight is 422 g/mol. The molecule has 3 rings (SSSR count). The van der Waals surface area contributed by atoms with Crippen LogP contribution in [0.2, 0.25) is 0 Å². The summed E-state index contributed by atoms with van der Waals surface area (Å²) in [5, 5.41) is 1.61. The van der Waals surface area contributed by atoms with E-state index in [4.69, 9.17) is 0 Å². The topological polar surface area (TPSA) is 29.1 Å². The fourth-order valence-electron chi connectivity index (χ4n) is 4.90. The number of benzene rings is 1. The zero-order valence-corrected chi connectivity index (χ0v) is 20.1. The van der Waals surface area contributed by atoms with Gasteiger partial charge in [-0.1, -0.05) is 70.7 Å². The standard InChI is InChI=1S/C24H40NOPS/c1-19(25-28(26)24(2,3)4)22-17-11-12-18-23(22)27(20-13-7-5-8-14-20)21-15-9-6-10-16-21/h11-12,17-21,25H,5-10,13-16H2,1-4H3/t19-,28?/m1/s1. The van der Waals surface area contributed by atoms with E-state index in [1.54, 1.807) is 5.30 Å². The van der Waals surface area contributed by atoms with Crippen molar-refractivity contribution in [2.75, 3.05) is 0 Å². The van der Waals surface area contributed by atoms with Crippen LogP contribution >= 0.6 is 7.92 Å². The van der Waals surface area contributed by atoms with Crippen LogP contribution in [0.15, 0.2) is 24.3 Å². The van der Waals surface area contributed by atoms with Gasteiger partial charge in [-0.15, -0.1) is 0 Å². The Balaban J connectivity index is 1.90. The SMILES string of the molecule is C[C@@H](NS(=O)C(C)(C)C)c1ccccc1P(C1CCCCC1)C1CCCCC1. The molecule has 4 heteroatoms. The lowest BCUT2D eigenvalue weighted by atomic mass is 9.99. The van der Waals surface area contributed by atoms with Crippen molar-refractivity contribution in [2.45, 2.75) is 114 Å². The molecule has 0 aromatic heterocycles. The molecule has 2 fully saturated rings. The second-order valence-corrected chi connectivity index (χ2v) is 14.5. The molecule has 1 N–H and O–H groups in total. The van der Waals surface area contributed by atoms with Crippen LogP contribution in [0.1, 0.15) is 104 Å². The van der Waals surface area contributed by atoms with Gasteiger partial charge in [0.25, 0.3) is 0 Å². The molecule has 0 bridgehead atoms. The first-order valence-corrected chi connectivity index (χ1v) is 14.1. The number of hydrogen-bond donors (Lipinski definition) is 1. The molecule has 1 aromatic rings. The molecule has 0 amide bonds. The molecule has 2 atom stereocenters. The van der Waals surface area contributed by atoms with Crippen LogP contribution in [0.5, 0.6) is 0 Å². The summed E-state index contributed by atoms with van der Waals surface area (Å²) in [7, 11) is -1.18. The average Bonchev–Trinajstić information content (AvgIpc) is 2.69. The molecule has 0 aliphatic heterocycles. The van der Waals surface area contributed by atoms with Crippen molar-refractivity contribution >= 4 is 24.2 Å². The molecular weight excluding hydrogens is 381 g/mol. The number of hydrogen-bond acceptors (Lipinski definition) is 1. The maximum Gasteiger partial charge on any atom is 0.0975 e. The van der Waals surface area contributed by atoms with E-state index in [1.807, 2.05) is 20.8 Å². The quantitative estimate of drug-likeness (QED) is 0.517. The summed E-state index contributed by atoms with van der Waals surface area (Å²) in [6.07, 6.45) is 14.2. The molecule has 1 aromatic carbocycles. The maximum absolute atomic E-state index is 12.7. The summed E-state index contributed by atoms with van der Waals surface area (Å²) in [5.74, 6) is 0. The van der Waals surface area contributed by atoms with Crippen molar-refractivity contribution in [1.29, 1.82) is 0 Å². The van der Waals surface area contributed by atoms with Crippen LogP contribution in [-0.2, 0) is 11.0 Å². The zero-order valence-electron chi connectivity index (χ0n) is 18.4. The minimum absolute atomic E-state index is 0.133. The summed E-state index contributed by atoms with van der Waals surface area (Å²) < 4.78 is 15.9. The highest BCUT2D eigenvalue weighted by Gasteiger charge is 2.34. The normalized spacial score (nSPS) is 22.3. The second-order valence-electron chi connectivity index (χ2n) is 9.77. The highest BCUT2D eigenvalue weighted by atomic mass is 32.2. The molecule has 2 nitrogen and oxygen atoms in total. The van der Waals surface area contributed by atoms with Crippen molar-refractivity contribution in [1.82, 2.24) is 4.72 Å². The van der Waals surface area contributed by atoms with Crippen molar-refractivity contribution in [3.05, 3.63) is 29.8 Å². The first-order chi connectivity index (χ1) is 13.4. The fraction of sp³-hybridized carbons (Fsp3) is 0.750. The smallest absolute Gasteiger partial charge is 0.0975 e. The Hall–Kier alpha value is -0.240. The molecule has 28 heavy (non-hydrogen) atoms. The summed E-state index contributed by atoms with van der Waals surface area (Å²) in [6, 6.07) is 9.27. The number of rotatable bonds is 6. The minimum atomic E-state index is -1.04. The van der Waals surface area contributed by atoms with Gasteiger partial charge in [0.15, 0.2) is 0 Å². The minimum Gasteiger partial charge on any atom is -0.242 e. The Labute approximate surface area is 177 Å². The number of nitrogens with one attached hydrogen (secondary N) is 1. The fourth-order valence-corrected chi connectivity index (χ4v) is 9.75. The first-order valence-electron chi connectivity index (χ1n) is 11.4. The molecular formula is C24H40NOPS. The Morgan fingerprint density at radius 1 is 0.929 bits per heavy atom. The summed E-state index contributed by atoms with van der Waals surface area (Å²) in [6.45, 7) is 8.35.